The zero-order valence-corrected chi connectivity index (χ0v) is 18.2. The van der Waals surface area contributed by atoms with Gasteiger partial charge in [0, 0.05) is 18.7 Å². The van der Waals surface area contributed by atoms with Crippen molar-refractivity contribution in [1.29, 1.82) is 0 Å². The van der Waals surface area contributed by atoms with Crippen molar-refractivity contribution in [2.75, 3.05) is 18.4 Å². The van der Waals surface area contributed by atoms with Crippen LogP contribution in [0.1, 0.15) is 24.0 Å². The van der Waals surface area contributed by atoms with Crippen molar-refractivity contribution in [3.63, 3.8) is 0 Å². The van der Waals surface area contributed by atoms with Gasteiger partial charge in [-0.2, -0.15) is 4.98 Å². The number of benzene rings is 2. The first-order valence-electron chi connectivity index (χ1n) is 11.2. The van der Waals surface area contributed by atoms with E-state index in [0.717, 1.165) is 47.7 Å². The van der Waals surface area contributed by atoms with Crippen molar-refractivity contribution in [3.8, 4) is 11.4 Å². The second kappa shape index (κ2) is 9.04. The zero-order valence-electron chi connectivity index (χ0n) is 18.2. The largest absolute Gasteiger partial charge is 0.350 e. The lowest BCUT2D eigenvalue weighted by molar-refractivity contribution is 0.341. The van der Waals surface area contributed by atoms with E-state index in [9.17, 15) is 4.39 Å². The topological polar surface area (TPSA) is 67.7 Å². The SMILES string of the molecule is Cc1ccccc1-c1nc2cnc(NCc3ccc(F)cc3)nc2n1C[C@@H]1CCCNC1. The quantitative estimate of drug-likeness (QED) is 0.470. The van der Waals surface area contributed by atoms with Gasteiger partial charge in [0.2, 0.25) is 5.95 Å². The smallest absolute Gasteiger partial charge is 0.225 e. The van der Waals surface area contributed by atoms with Crippen molar-refractivity contribution in [3.05, 3.63) is 71.7 Å². The van der Waals surface area contributed by atoms with E-state index < -0.39 is 0 Å². The van der Waals surface area contributed by atoms with Crippen molar-refractivity contribution in [2.24, 2.45) is 5.92 Å². The molecular weight excluding hydrogens is 403 g/mol. The molecular formula is C25H27FN6. The van der Waals surface area contributed by atoms with Crippen molar-refractivity contribution in [1.82, 2.24) is 24.8 Å². The first kappa shape index (κ1) is 20.6. The Morgan fingerprint density at radius 2 is 1.97 bits per heavy atom. The van der Waals surface area contributed by atoms with Gasteiger partial charge in [-0.05, 0) is 62.0 Å². The lowest BCUT2D eigenvalue weighted by Crippen LogP contribution is -2.32. The highest BCUT2D eigenvalue weighted by Crippen LogP contribution is 2.28. The van der Waals surface area contributed by atoms with Gasteiger partial charge in [0.1, 0.15) is 17.2 Å². The van der Waals surface area contributed by atoms with Crippen LogP contribution in [0.4, 0.5) is 10.3 Å². The molecule has 0 aliphatic carbocycles. The number of imidazole rings is 1. The maximum atomic E-state index is 13.2. The van der Waals surface area contributed by atoms with Gasteiger partial charge in [-0.25, -0.2) is 14.4 Å². The van der Waals surface area contributed by atoms with Gasteiger partial charge in [-0.1, -0.05) is 36.4 Å². The molecule has 0 amide bonds. The number of anilines is 1. The number of fused-ring (bicyclic) bond motifs is 1. The number of aryl methyl sites for hydroxylation is 1. The summed E-state index contributed by atoms with van der Waals surface area (Å²) in [4.78, 5) is 14.2. The Kier molecular flexibility index (Phi) is 5.81. The monoisotopic (exact) mass is 430 g/mol. The van der Waals surface area contributed by atoms with Crippen LogP contribution in [0.5, 0.6) is 0 Å². The summed E-state index contributed by atoms with van der Waals surface area (Å²) < 4.78 is 15.4. The molecule has 1 saturated heterocycles. The summed E-state index contributed by atoms with van der Waals surface area (Å²) in [6.07, 6.45) is 4.17. The van der Waals surface area contributed by atoms with Gasteiger partial charge in [0.05, 0.1) is 6.20 Å². The van der Waals surface area contributed by atoms with Crippen LogP contribution in [0, 0.1) is 18.7 Å². The fraction of sp³-hybridized carbons (Fsp3) is 0.320. The number of hydrogen-bond donors (Lipinski definition) is 2. The van der Waals surface area contributed by atoms with Crippen LogP contribution in [0.2, 0.25) is 0 Å². The normalized spacial score (nSPS) is 16.4. The second-order valence-electron chi connectivity index (χ2n) is 8.46. The summed E-state index contributed by atoms with van der Waals surface area (Å²) in [6, 6.07) is 14.8. The molecule has 4 aromatic rings. The number of nitrogens with zero attached hydrogens (tertiary/aromatic N) is 4. The molecule has 1 aliphatic heterocycles. The van der Waals surface area contributed by atoms with Crippen LogP contribution in [-0.2, 0) is 13.1 Å². The fourth-order valence-corrected chi connectivity index (χ4v) is 4.33. The Morgan fingerprint density at radius 1 is 1.12 bits per heavy atom. The summed E-state index contributed by atoms with van der Waals surface area (Å²) in [7, 11) is 0. The number of aromatic nitrogens is 4. The summed E-state index contributed by atoms with van der Waals surface area (Å²) in [5.74, 6) is 1.78. The standard InChI is InChI=1S/C25H27FN6/c1-17-5-2-3-7-21(17)23-30-22-15-29-25(28-14-18-8-10-20(26)11-9-18)31-24(22)32(23)16-19-6-4-12-27-13-19/h2-3,5,7-11,15,19,27H,4,6,12-14,16H2,1H3,(H,28,29,31)/t19-/m1/s1. The lowest BCUT2D eigenvalue weighted by Gasteiger charge is -2.24. The van der Waals surface area contributed by atoms with E-state index in [1.807, 2.05) is 6.07 Å². The molecule has 6 nitrogen and oxygen atoms in total. The summed E-state index contributed by atoms with van der Waals surface area (Å²) >= 11 is 0. The molecule has 2 aromatic heterocycles. The van der Waals surface area contributed by atoms with Crippen molar-refractivity contribution >= 4 is 17.1 Å². The van der Waals surface area contributed by atoms with Crippen LogP contribution in [0.25, 0.3) is 22.6 Å². The Bertz CT molecular complexity index is 1210. The molecule has 32 heavy (non-hydrogen) atoms. The molecule has 0 saturated carbocycles. The minimum atomic E-state index is -0.240. The fourth-order valence-electron chi connectivity index (χ4n) is 4.33. The Labute approximate surface area is 186 Å². The van der Waals surface area contributed by atoms with Gasteiger partial charge in [-0.15, -0.1) is 0 Å². The van der Waals surface area contributed by atoms with Gasteiger partial charge in [0.15, 0.2) is 5.65 Å². The molecule has 0 radical (unpaired) electrons. The van der Waals surface area contributed by atoms with Crippen LogP contribution in [-0.4, -0.2) is 32.6 Å². The van der Waals surface area contributed by atoms with E-state index in [0.29, 0.717) is 18.4 Å². The van der Waals surface area contributed by atoms with Crippen LogP contribution in [0.15, 0.2) is 54.7 Å². The summed E-state index contributed by atoms with van der Waals surface area (Å²) in [5.41, 5.74) is 4.91. The van der Waals surface area contributed by atoms with Crippen molar-refractivity contribution < 1.29 is 4.39 Å². The highest BCUT2D eigenvalue weighted by molar-refractivity contribution is 5.78. The van der Waals surface area contributed by atoms with Crippen LogP contribution >= 0.6 is 0 Å². The number of nitrogens with one attached hydrogen (secondary N) is 2. The Hall–Kier alpha value is -3.32. The van der Waals surface area contributed by atoms with E-state index >= 15 is 0 Å². The lowest BCUT2D eigenvalue weighted by atomic mass is 9.99. The molecule has 1 fully saturated rings. The molecule has 0 spiro atoms. The number of halogens is 1. The first-order valence-corrected chi connectivity index (χ1v) is 11.2. The third-order valence-corrected chi connectivity index (χ3v) is 6.08. The summed E-state index contributed by atoms with van der Waals surface area (Å²) in [5, 5.41) is 6.78. The van der Waals surface area contributed by atoms with E-state index in [1.54, 1.807) is 18.3 Å². The average molecular weight is 431 g/mol. The van der Waals surface area contributed by atoms with E-state index in [-0.39, 0.29) is 5.82 Å². The molecule has 7 heteroatoms. The number of hydrogen-bond acceptors (Lipinski definition) is 5. The van der Waals surface area contributed by atoms with E-state index in [2.05, 4.69) is 45.3 Å². The third kappa shape index (κ3) is 4.34. The Balaban J connectivity index is 1.50. The van der Waals surface area contributed by atoms with E-state index in [4.69, 9.17) is 9.97 Å². The third-order valence-electron chi connectivity index (χ3n) is 6.08. The summed E-state index contributed by atoms with van der Waals surface area (Å²) in [6.45, 7) is 5.60. The molecule has 1 atom stereocenters. The highest BCUT2D eigenvalue weighted by Gasteiger charge is 2.21. The molecule has 2 N–H and O–H groups in total. The van der Waals surface area contributed by atoms with Crippen LogP contribution < -0.4 is 10.6 Å². The maximum absolute atomic E-state index is 13.2. The van der Waals surface area contributed by atoms with Gasteiger partial charge < -0.3 is 15.2 Å². The first-order chi connectivity index (χ1) is 15.7. The predicted molar refractivity (Wildman–Crippen MR) is 125 cm³/mol. The zero-order chi connectivity index (χ0) is 21.9. The average Bonchev–Trinajstić information content (AvgIpc) is 3.17. The molecule has 3 heterocycles. The second-order valence-corrected chi connectivity index (χ2v) is 8.46. The van der Waals surface area contributed by atoms with E-state index in [1.165, 1.54) is 30.5 Å². The predicted octanol–water partition coefficient (Wildman–Crippen LogP) is 4.55. The minimum Gasteiger partial charge on any atom is -0.350 e. The minimum absolute atomic E-state index is 0.240. The highest BCUT2D eigenvalue weighted by atomic mass is 19.1. The van der Waals surface area contributed by atoms with Crippen LogP contribution in [0.3, 0.4) is 0 Å². The molecule has 1 aliphatic rings. The van der Waals surface area contributed by atoms with Gasteiger partial charge >= 0.3 is 0 Å². The number of rotatable bonds is 6. The van der Waals surface area contributed by atoms with Gasteiger partial charge in [-0.3, -0.25) is 0 Å². The molecule has 2 aromatic carbocycles. The molecule has 5 rings (SSSR count). The van der Waals surface area contributed by atoms with Gasteiger partial charge in [0.25, 0.3) is 0 Å². The van der Waals surface area contributed by atoms with Crippen molar-refractivity contribution in [2.45, 2.75) is 32.9 Å². The molecule has 0 unspecified atom stereocenters. The maximum Gasteiger partial charge on any atom is 0.225 e. The number of piperidine rings is 1. The molecule has 164 valence electrons. The Morgan fingerprint density at radius 3 is 2.75 bits per heavy atom. The molecule has 0 bridgehead atoms.